The molecule has 3 nitrogen and oxygen atoms in total. The molecule has 11 heavy (non-hydrogen) atoms. The van der Waals surface area contributed by atoms with Crippen LogP contribution in [0.2, 0.25) is 0 Å². The maximum atomic E-state index is 11.5. The zero-order chi connectivity index (χ0) is 8.86. The van der Waals surface area contributed by atoms with Crippen molar-refractivity contribution in [1.29, 1.82) is 0 Å². The van der Waals surface area contributed by atoms with Crippen molar-refractivity contribution in [2.24, 2.45) is 0 Å². The minimum absolute atomic E-state index is 0.370. The number of rotatable bonds is 0. The Morgan fingerprint density at radius 1 is 1.27 bits per heavy atom. The molecule has 4 heteroatoms. The molecule has 0 saturated carbocycles. The van der Waals surface area contributed by atoms with E-state index in [-0.39, 0.29) is 5.54 Å². The largest absolute Gasteiger partial charge is 0.783 e. The summed E-state index contributed by atoms with van der Waals surface area (Å²) in [5, 5.41) is 12.6. The van der Waals surface area contributed by atoms with E-state index >= 15 is 0 Å². The lowest BCUT2D eigenvalue weighted by molar-refractivity contribution is 0.107. The first kappa shape index (κ1) is 9.26. The van der Waals surface area contributed by atoms with Gasteiger partial charge >= 0.3 is 0 Å². The minimum Gasteiger partial charge on any atom is -0.783 e. The molecule has 0 aromatic heterocycles. The first-order valence-corrected chi connectivity index (χ1v) is 4.03. The summed E-state index contributed by atoms with van der Waals surface area (Å²) in [7, 11) is 0. The first-order chi connectivity index (χ1) is 4.78. The van der Waals surface area contributed by atoms with Gasteiger partial charge in [-0.05, 0) is 39.5 Å². The van der Waals surface area contributed by atoms with Crippen molar-refractivity contribution >= 4 is 11.8 Å². The lowest BCUT2D eigenvalue weighted by Gasteiger charge is -2.45. The van der Waals surface area contributed by atoms with E-state index in [4.69, 9.17) is 11.8 Å². The van der Waals surface area contributed by atoms with E-state index in [9.17, 15) is 5.21 Å². The average molecular weight is 178 g/mol. The SMILES string of the molecule is CC1(C)CN(Cl)C(C)(C)N1[O-]. The molecule has 0 aromatic rings. The first-order valence-electron chi connectivity index (χ1n) is 3.69. The number of halogens is 1. The summed E-state index contributed by atoms with van der Waals surface area (Å²) < 4.78 is 1.56. The zero-order valence-electron chi connectivity index (χ0n) is 7.39. The van der Waals surface area contributed by atoms with Crippen molar-refractivity contribution in [2.45, 2.75) is 38.9 Å². The molecule has 0 spiro atoms. The summed E-state index contributed by atoms with van der Waals surface area (Å²) in [5.74, 6) is 0. The molecular weight excluding hydrogens is 164 g/mol. The van der Waals surface area contributed by atoms with Crippen LogP contribution in [0, 0.1) is 5.21 Å². The van der Waals surface area contributed by atoms with Crippen LogP contribution in [0.4, 0.5) is 0 Å². The summed E-state index contributed by atoms with van der Waals surface area (Å²) >= 11 is 5.87. The van der Waals surface area contributed by atoms with Gasteiger partial charge in [0.25, 0.3) is 0 Å². The lowest BCUT2D eigenvalue weighted by Crippen LogP contribution is -2.46. The topological polar surface area (TPSA) is 29.5 Å². The van der Waals surface area contributed by atoms with E-state index < -0.39 is 5.66 Å². The number of hydrogen-bond acceptors (Lipinski definition) is 3. The molecule has 0 radical (unpaired) electrons. The Hall–Kier alpha value is 0.170. The molecule has 0 aliphatic carbocycles. The van der Waals surface area contributed by atoms with E-state index in [0.29, 0.717) is 6.54 Å². The molecule has 0 N–H and O–H groups in total. The van der Waals surface area contributed by atoms with Gasteiger partial charge in [-0.3, -0.25) is 0 Å². The average Bonchev–Trinajstić information content (AvgIpc) is 1.94. The Morgan fingerprint density at radius 2 is 1.73 bits per heavy atom. The third-order valence-corrected chi connectivity index (χ3v) is 2.70. The van der Waals surface area contributed by atoms with Gasteiger partial charge in [0, 0.05) is 12.1 Å². The fourth-order valence-electron chi connectivity index (χ4n) is 1.44. The van der Waals surface area contributed by atoms with Crippen molar-refractivity contribution in [1.82, 2.24) is 9.48 Å². The van der Waals surface area contributed by atoms with E-state index in [1.807, 2.05) is 27.7 Å². The standard InChI is InChI=1S/C7H14ClN2O/c1-6(2)5-9(8)7(3,4)10(6)11/h5H2,1-4H3/q-1. The highest BCUT2D eigenvalue weighted by atomic mass is 35.5. The predicted molar refractivity (Wildman–Crippen MR) is 45.9 cm³/mol. The van der Waals surface area contributed by atoms with Crippen LogP contribution < -0.4 is 0 Å². The van der Waals surface area contributed by atoms with Gasteiger partial charge in [-0.25, -0.2) is 0 Å². The van der Waals surface area contributed by atoms with Crippen LogP contribution in [0.1, 0.15) is 27.7 Å². The third kappa shape index (κ3) is 1.26. The Balaban J connectivity index is 2.89. The molecule has 1 heterocycles. The fourth-order valence-corrected chi connectivity index (χ4v) is 1.80. The third-order valence-electron chi connectivity index (χ3n) is 2.17. The summed E-state index contributed by atoms with van der Waals surface area (Å²) in [6.07, 6.45) is 0. The molecule has 1 fully saturated rings. The van der Waals surface area contributed by atoms with Gasteiger partial charge in [0.2, 0.25) is 0 Å². The van der Waals surface area contributed by atoms with E-state index in [0.717, 1.165) is 5.06 Å². The van der Waals surface area contributed by atoms with Crippen LogP contribution in [-0.2, 0) is 0 Å². The molecule has 0 bridgehead atoms. The molecule has 1 aliphatic rings. The number of hydroxylamine groups is 2. The molecular formula is C7H14ClN2O-. The molecule has 1 rings (SSSR count). The summed E-state index contributed by atoms with van der Waals surface area (Å²) in [6.45, 7) is 8.03. The Kier molecular flexibility index (Phi) is 1.96. The minimum atomic E-state index is -0.578. The van der Waals surface area contributed by atoms with E-state index in [1.54, 1.807) is 4.42 Å². The lowest BCUT2D eigenvalue weighted by atomic mass is 10.1. The monoisotopic (exact) mass is 177 g/mol. The van der Waals surface area contributed by atoms with Crippen molar-refractivity contribution in [2.75, 3.05) is 6.54 Å². The number of nitrogens with zero attached hydrogens (tertiary/aromatic N) is 2. The summed E-state index contributed by atoms with van der Waals surface area (Å²) in [6, 6.07) is 0. The molecule has 0 aromatic carbocycles. The Morgan fingerprint density at radius 3 is 1.82 bits per heavy atom. The molecule has 1 aliphatic heterocycles. The van der Waals surface area contributed by atoms with Gasteiger partial charge in [-0.1, -0.05) is 0 Å². The smallest absolute Gasteiger partial charge is 0.0715 e. The fraction of sp³-hybridized carbons (Fsp3) is 1.00. The second kappa shape index (κ2) is 2.33. The van der Waals surface area contributed by atoms with Gasteiger partial charge in [0.15, 0.2) is 0 Å². The van der Waals surface area contributed by atoms with E-state index in [1.165, 1.54) is 0 Å². The summed E-state index contributed by atoms with van der Waals surface area (Å²) in [5.41, 5.74) is -0.948. The molecule has 0 amide bonds. The van der Waals surface area contributed by atoms with Crippen LogP contribution in [0.5, 0.6) is 0 Å². The van der Waals surface area contributed by atoms with Crippen LogP contribution in [-0.4, -0.2) is 27.2 Å². The number of hydrogen-bond donors (Lipinski definition) is 0. The normalized spacial score (nSPS) is 31.1. The van der Waals surface area contributed by atoms with Gasteiger partial charge in [0.05, 0.1) is 5.66 Å². The quantitative estimate of drug-likeness (QED) is 0.529. The van der Waals surface area contributed by atoms with Crippen molar-refractivity contribution in [3.8, 4) is 0 Å². The van der Waals surface area contributed by atoms with Crippen LogP contribution in [0.25, 0.3) is 0 Å². The molecule has 0 unspecified atom stereocenters. The van der Waals surface area contributed by atoms with Crippen molar-refractivity contribution in [3.05, 3.63) is 5.21 Å². The highest BCUT2D eigenvalue weighted by Crippen LogP contribution is 2.36. The molecule has 66 valence electrons. The highest BCUT2D eigenvalue weighted by molar-refractivity contribution is 6.14. The zero-order valence-corrected chi connectivity index (χ0v) is 8.14. The Bertz CT molecular complexity index is 170. The highest BCUT2D eigenvalue weighted by Gasteiger charge is 2.43. The van der Waals surface area contributed by atoms with Crippen LogP contribution in [0.15, 0.2) is 0 Å². The summed E-state index contributed by atoms with van der Waals surface area (Å²) in [4.78, 5) is 0. The van der Waals surface area contributed by atoms with Crippen LogP contribution in [0.3, 0.4) is 0 Å². The molecule has 1 saturated heterocycles. The molecule has 0 atom stereocenters. The predicted octanol–water partition coefficient (Wildman–Crippen LogP) is 1.77. The van der Waals surface area contributed by atoms with Gasteiger partial charge < -0.3 is 10.3 Å². The maximum Gasteiger partial charge on any atom is 0.0715 e. The van der Waals surface area contributed by atoms with E-state index in [2.05, 4.69) is 0 Å². The second-order valence-corrected chi connectivity index (χ2v) is 4.53. The maximum absolute atomic E-state index is 11.5. The Labute approximate surface area is 72.6 Å². The van der Waals surface area contributed by atoms with Gasteiger partial charge in [-0.15, -0.1) is 0 Å². The van der Waals surface area contributed by atoms with Gasteiger partial charge in [-0.2, -0.15) is 4.42 Å². The van der Waals surface area contributed by atoms with Crippen LogP contribution >= 0.6 is 11.8 Å². The van der Waals surface area contributed by atoms with Crippen molar-refractivity contribution in [3.63, 3.8) is 0 Å². The van der Waals surface area contributed by atoms with Gasteiger partial charge in [0.1, 0.15) is 0 Å². The second-order valence-electron chi connectivity index (χ2n) is 4.12. The van der Waals surface area contributed by atoms with Crippen molar-refractivity contribution < 1.29 is 0 Å².